The first-order chi connectivity index (χ1) is 8.87. The van der Waals surface area contributed by atoms with Gasteiger partial charge < -0.3 is 4.74 Å². The molecule has 0 N–H and O–H groups in total. The number of carbonyl (C=O) groups is 2. The van der Waals surface area contributed by atoms with Gasteiger partial charge in [0.05, 0.1) is 6.54 Å². The van der Waals surface area contributed by atoms with E-state index in [1.54, 1.807) is 4.90 Å². The van der Waals surface area contributed by atoms with Gasteiger partial charge in [-0.05, 0) is 46.5 Å². The molecule has 0 unspecified atom stereocenters. The summed E-state index contributed by atoms with van der Waals surface area (Å²) in [5, 5.41) is 0. The van der Waals surface area contributed by atoms with Crippen LogP contribution >= 0.6 is 0 Å². The summed E-state index contributed by atoms with van der Waals surface area (Å²) in [6, 6.07) is 0.222. The van der Waals surface area contributed by atoms with Crippen molar-refractivity contribution in [3.63, 3.8) is 0 Å². The average Bonchev–Trinajstić information content (AvgIpc) is 2.96. The smallest absolute Gasteiger partial charge is 0.410 e. The van der Waals surface area contributed by atoms with Gasteiger partial charge in [-0.3, -0.25) is 9.69 Å². The predicted octanol–water partition coefficient (Wildman–Crippen LogP) is 3.15. The zero-order valence-corrected chi connectivity index (χ0v) is 12.3. The van der Waals surface area contributed by atoms with E-state index in [0.29, 0.717) is 0 Å². The van der Waals surface area contributed by atoms with E-state index >= 15 is 0 Å². The second-order valence-corrected chi connectivity index (χ2v) is 6.79. The molecule has 0 aromatic rings. The number of nitrogens with zero attached hydrogens (tertiary/aromatic N) is 1. The van der Waals surface area contributed by atoms with Crippen LogP contribution in [0.4, 0.5) is 4.79 Å². The van der Waals surface area contributed by atoms with Gasteiger partial charge in [0.25, 0.3) is 0 Å². The van der Waals surface area contributed by atoms with Crippen LogP contribution < -0.4 is 0 Å². The standard InChI is InChI=1S/C15H25NO3/c1-15(2,3)19-14(18)16(12-8-9-12)10-13(17)11-6-4-5-7-11/h11-12H,4-10H2,1-3H3. The fourth-order valence-corrected chi connectivity index (χ4v) is 2.59. The lowest BCUT2D eigenvalue weighted by Crippen LogP contribution is -2.42. The molecule has 0 aromatic carbocycles. The van der Waals surface area contributed by atoms with E-state index in [1.165, 1.54) is 0 Å². The van der Waals surface area contributed by atoms with Crippen molar-refractivity contribution in [3.8, 4) is 0 Å². The van der Waals surface area contributed by atoms with Crippen molar-refractivity contribution in [2.75, 3.05) is 6.54 Å². The second-order valence-electron chi connectivity index (χ2n) is 6.79. The summed E-state index contributed by atoms with van der Waals surface area (Å²) in [6.07, 6.45) is 5.94. The van der Waals surface area contributed by atoms with Gasteiger partial charge in [0.2, 0.25) is 0 Å². The van der Waals surface area contributed by atoms with Crippen LogP contribution in [0.2, 0.25) is 0 Å². The average molecular weight is 267 g/mol. The van der Waals surface area contributed by atoms with Crippen LogP contribution in [0.5, 0.6) is 0 Å². The minimum Gasteiger partial charge on any atom is -0.444 e. The molecular weight excluding hydrogens is 242 g/mol. The molecule has 2 aliphatic rings. The van der Waals surface area contributed by atoms with Crippen LogP contribution in [-0.4, -0.2) is 35.0 Å². The maximum absolute atomic E-state index is 12.2. The van der Waals surface area contributed by atoms with Gasteiger partial charge in [-0.15, -0.1) is 0 Å². The quantitative estimate of drug-likeness (QED) is 0.786. The van der Waals surface area contributed by atoms with Crippen molar-refractivity contribution >= 4 is 11.9 Å². The van der Waals surface area contributed by atoms with E-state index in [9.17, 15) is 9.59 Å². The highest BCUT2D eigenvalue weighted by molar-refractivity contribution is 5.86. The molecule has 4 heteroatoms. The van der Waals surface area contributed by atoms with Crippen molar-refractivity contribution in [1.82, 2.24) is 4.90 Å². The molecule has 0 heterocycles. The third kappa shape index (κ3) is 4.22. The molecule has 0 bridgehead atoms. The molecule has 1 amide bonds. The Morgan fingerprint density at radius 2 is 1.68 bits per heavy atom. The summed E-state index contributed by atoms with van der Waals surface area (Å²) in [5.41, 5.74) is -0.499. The van der Waals surface area contributed by atoms with Gasteiger partial charge in [-0.1, -0.05) is 12.8 Å². The number of rotatable bonds is 4. The van der Waals surface area contributed by atoms with E-state index in [4.69, 9.17) is 4.74 Å². The summed E-state index contributed by atoms with van der Waals surface area (Å²) in [6.45, 7) is 5.81. The van der Waals surface area contributed by atoms with Crippen molar-refractivity contribution in [3.05, 3.63) is 0 Å². The van der Waals surface area contributed by atoms with Gasteiger partial charge in [0.15, 0.2) is 5.78 Å². The Morgan fingerprint density at radius 1 is 1.11 bits per heavy atom. The Morgan fingerprint density at radius 3 is 2.16 bits per heavy atom. The maximum Gasteiger partial charge on any atom is 0.410 e. The van der Waals surface area contributed by atoms with Gasteiger partial charge in [0.1, 0.15) is 5.60 Å². The number of amides is 1. The van der Waals surface area contributed by atoms with Crippen LogP contribution in [0.25, 0.3) is 0 Å². The van der Waals surface area contributed by atoms with Gasteiger partial charge in [-0.2, -0.15) is 0 Å². The largest absolute Gasteiger partial charge is 0.444 e. The highest BCUT2D eigenvalue weighted by atomic mass is 16.6. The van der Waals surface area contributed by atoms with E-state index in [0.717, 1.165) is 38.5 Å². The number of carbonyl (C=O) groups excluding carboxylic acids is 2. The zero-order valence-electron chi connectivity index (χ0n) is 12.3. The Balaban J connectivity index is 1.92. The summed E-state index contributed by atoms with van der Waals surface area (Å²) >= 11 is 0. The van der Waals surface area contributed by atoms with E-state index < -0.39 is 5.60 Å². The molecule has 0 atom stereocenters. The van der Waals surface area contributed by atoms with Crippen LogP contribution in [0.3, 0.4) is 0 Å². The first kappa shape index (κ1) is 14.4. The number of ether oxygens (including phenoxy) is 1. The van der Waals surface area contributed by atoms with E-state index in [-0.39, 0.29) is 30.4 Å². The normalized spacial score (nSPS) is 20.4. The topological polar surface area (TPSA) is 46.6 Å². The minimum atomic E-state index is -0.499. The summed E-state index contributed by atoms with van der Waals surface area (Å²) < 4.78 is 5.40. The van der Waals surface area contributed by atoms with Crippen molar-refractivity contribution in [1.29, 1.82) is 0 Å². The van der Waals surface area contributed by atoms with Crippen molar-refractivity contribution < 1.29 is 14.3 Å². The first-order valence-corrected chi connectivity index (χ1v) is 7.39. The lowest BCUT2D eigenvalue weighted by atomic mass is 10.0. The van der Waals surface area contributed by atoms with Crippen molar-refractivity contribution in [2.24, 2.45) is 5.92 Å². The van der Waals surface area contributed by atoms with Gasteiger partial charge in [-0.25, -0.2) is 4.79 Å². The fourth-order valence-electron chi connectivity index (χ4n) is 2.59. The van der Waals surface area contributed by atoms with Gasteiger partial charge >= 0.3 is 6.09 Å². The van der Waals surface area contributed by atoms with E-state index in [1.807, 2.05) is 20.8 Å². The number of hydrogen-bond acceptors (Lipinski definition) is 3. The Bertz CT molecular complexity index is 349. The Hall–Kier alpha value is -1.06. The van der Waals surface area contributed by atoms with Crippen molar-refractivity contribution in [2.45, 2.75) is 70.9 Å². The predicted molar refractivity (Wildman–Crippen MR) is 72.9 cm³/mol. The third-order valence-corrected chi connectivity index (χ3v) is 3.75. The molecule has 2 fully saturated rings. The molecule has 0 radical (unpaired) electrons. The molecule has 0 spiro atoms. The molecule has 4 nitrogen and oxygen atoms in total. The molecule has 2 rings (SSSR count). The third-order valence-electron chi connectivity index (χ3n) is 3.75. The fraction of sp³-hybridized carbons (Fsp3) is 0.867. The lowest BCUT2D eigenvalue weighted by Gasteiger charge is -2.27. The maximum atomic E-state index is 12.2. The SMILES string of the molecule is CC(C)(C)OC(=O)N(CC(=O)C1CCCC1)C1CC1. The second kappa shape index (κ2) is 5.51. The summed E-state index contributed by atoms with van der Waals surface area (Å²) in [4.78, 5) is 26.0. The number of hydrogen-bond donors (Lipinski definition) is 0. The molecule has 2 aliphatic carbocycles. The van der Waals surface area contributed by atoms with E-state index in [2.05, 4.69) is 0 Å². The monoisotopic (exact) mass is 267 g/mol. The molecule has 19 heavy (non-hydrogen) atoms. The zero-order chi connectivity index (χ0) is 14.0. The van der Waals surface area contributed by atoms with Crippen LogP contribution in [-0.2, 0) is 9.53 Å². The lowest BCUT2D eigenvalue weighted by molar-refractivity contribution is -0.124. The molecule has 108 valence electrons. The molecule has 0 aromatic heterocycles. The first-order valence-electron chi connectivity index (χ1n) is 7.39. The number of ketones is 1. The molecule has 2 saturated carbocycles. The molecule has 0 saturated heterocycles. The molecule has 0 aliphatic heterocycles. The summed E-state index contributed by atoms with van der Waals surface area (Å²) in [5.74, 6) is 0.388. The minimum absolute atomic E-state index is 0.170. The van der Waals surface area contributed by atoms with Crippen LogP contribution in [0.15, 0.2) is 0 Å². The Labute approximate surface area is 115 Å². The highest BCUT2D eigenvalue weighted by Crippen LogP contribution is 2.30. The van der Waals surface area contributed by atoms with Gasteiger partial charge in [0, 0.05) is 12.0 Å². The Kier molecular flexibility index (Phi) is 4.16. The number of Topliss-reactive ketones (excluding diaryl/α,β-unsaturated/α-hetero) is 1. The summed E-state index contributed by atoms with van der Waals surface area (Å²) in [7, 11) is 0. The highest BCUT2D eigenvalue weighted by Gasteiger charge is 2.37. The van der Waals surface area contributed by atoms with Crippen LogP contribution in [0, 0.1) is 5.92 Å². The molecular formula is C15H25NO3. The van der Waals surface area contributed by atoms with Crippen LogP contribution in [0.1, 0.15) is 59.3 Å².